The van der Waals surface area contributed by atoms with E-state index < -0.39 is 0 Å². The van der Waals surface area contributed by atoms with Gasteiger partial charge in [-0.05, 0) is 26.2 Å². The fourth-order valence-electron chi connectivity index (χ4n) is 2.17. The third-order valence-electron chi connectivity index (χ3n) is 3.06. The lowest BCUT2D eigenvalue weighted by molar-refractivity contribution is 0.436. The number of nitrogens with zero attached hydrogens (tertiary/aromatic N) is 3. The van der Waals surface area contributed by atoms with Crippen molar-refractivity contribution >= 4 is 33.9 Å². The Morgan fingerprint density at radius 1 is 1.61 bits per heavy atom. The zero-order chi connectivity index (χ0) is 12.8. The van der Waals surface area contributed by atoms with E-state index in [0.717, 1.165) is 29.2 Å². The Labute approximate surface area is 116 Å². The van der Waals surface area contributed by atoms with Crippen LogP contribution in [-0.2, 0) is 0 Å². The zero-order valence-electron chi connectivity index (χ0n) is 10.9. The Morgan fingerprint density at radius 2 is 2.44 bits per heavy atom. The molecule has 1 atom stereocenters. The monoisotopic (exact) mass is 282 g/mol. The van der Waals surface area contributed by atoms with Crippen LogP contribution in [0, 0.1) is 0 Å². The molecule has 0 spiro atoms. The van der Waals surface area contributed by atoms with Crippen molar-refractivity contribution in [2.45, 2.75) is 32.4 Å². The van der Waals surface area contributed by atoms with Crippen molar-refractivity contribution in [3.63, 3.8) is 0 Å². The highest BCUT2D eigenvalue weighted by atomic mass is 32.2. The second kappa shape index (κ2) is 4.49. The number of thioether (sulfide) groups is 2. The third kappa shape index (κ3) is 2.40. The SMILES string of the molecule is CC1CN=C(SCC2=CSC3=NC(C)(C)CN23)N1. The quantitative estimate of drug-likeness (QED) is 0.842. The van der Waals surface area contributed by atoms with Crippen LogP contribution in [-0.4, -0.2) is 45.7 Å². The molecule has 1 unspecified atom stereocenters. The lowest BCUT2D eigenvalue weighted by Crippen LogP contribution is -2.30. The molecule has 0 bridgehead atoms. The van der Waals surface area contributed by atoms with Crippen molar-refractivity contribution in [2.75, 3.05) is 18.8 Å². The van der Waals surface area contributed by atoms with Gasteiger partial charge < -0.3 is 10.2 Å². The Hall–Kier alpha value is -0.620. The van der Waals surface area contributed by atoms with Crippen LogP contribution < -0.4 is 5.32 Å². The first kappa shape index (κ1) is 12.4. The standard InChI is InChI=1S/C12H18N4S2/c1-8-4-13-10(14-8)17-5-9-6-18-11-15-12(2,3)7-16(9)11/h6,8H,4-5,7H2,1-3H3,(H,13,14). The minimum Gasteiger partial charge on any atom is -0.361 e. The van der Waals surface area contributed by atoms with Crippen LogP contribution >= 0.6 is 23.5 Å². The van der Waals surface area contributed by atoms with Crippen LogP contribution in [0.15, 0.2) is 21.1 Å². The topological polar surface area (TPSA) is 40.0 Å². The Morgan fingerprint density at radius 3 is 3.17 bits per heavy atom. The summed E-state index contributed by atoms with van der Waals surface area (Å²) in [7, 11) is 0. The van der Waals surface area contributed by atoms with Crippen molar-refractivity contribution in [1.29, 1.82) is 0 Å². The molecule has 0 radical (unpaired) electrons. The van der Waals surface area contributed by atoms with E-state index in [9.17, 15) is 0 Å². The minimum absolute atomic E-state index is 0.0597. The van der Waals surface area contributed by atoms with Crippen LogP contribution in [0.25, 0.3) is 0 Å². The molecular weight excluding hydrogens is 264 g/mol. The van der Waals surface area contributed by atoms with Crippen molar-refractivity contribution in [3.8, 4) is 0 Å². The molecule has 3 heterocycles. The summed E-state index contributed by atoms with van der Waals surface area (Å²) in [5.41, 5.74) is 1.42. The van der Waals surface area contributed by atoms with Gasteiger partial charge in [0.05, 0.1) is 12.1 Å². The molecule has 0 aromatic carbocycles. The van der Waals surface area contributed by atoms with Crippen LogP contribution in [0.1, 0.15) is 20.8 Å². The largest absolute Gasteiger partial charge is 0.361 e. The number of hydrogen-bond acceptors (Lipinski definition) is 6. The van der Waals surface area contributed by atoms with E-state index in [-0.39, 0.29) is 5.54 Å². The lowest BCUT2D eigenvalue weighted by atomic mass is 10.1. The number of hydrogen-bond donors (Lipinski definition) is 1. The molecule has 0 aromatic rings. The maximum Gasteiger partial charge on any atom is 0.168 e. The summed E-state index contributed by atoms with van der Waals surface area (Å²) in [6, 6.07) is 0.488. The molecule has 4 nitrogen and oxygen atoms in total. The van der Waals surface area contributed by atoms with Gasteiger partial charge in [-0.2, -0.15) is 0 Å². The molecule has 0 aliphatic carbocycles. The van der Waals surface area contributed by atoms with E-state index in [1.807, 2.05) is 0 Å². The van der Waals surface area contributed by atoms with Gasteiger partial charge in [-0.3, -0.25) is 9.98 Å². The summed E-state index contributed by atoms with van der Waals surface area (Å²) >= 11 is 3.54. The summed E-state index contributed by atoms with van der Waals surface area (Å²) < 4.78 is 0. The molecule has 3 rings (SSSR count). The molecule has 18 heavy (non-hydrogen) atoms. The van der Waals surface area contributed by atoms with E-state index in [2.05, 4.69) is 41.4 Å². The van der Waals surface area contributed by atoms with Crippen LogP contribution in [0.3, 0.4) is 0 Å². The Kier molecular flexibility index (Phi) is 3.10. The highest BCUT2D eigenvalue weighted by Crippen LogP contribution is 2.36. The fraction of sp³-hybridized carbons (Fsp3) is 0.667. The van der Waals surface area contributed by atoms with Crippen molar-refractivity contribution < 1.29 is 0 Å². The van der Waals surface area contributed by atoms with Gasteiger partial charge in [0, 0.05) is 24.0 Å². The van der Waals surface area contributed by atoms with Gasteiger partial charge in [0.25, 0.3) is 0 Å². The summed E-state index contributed by atoms with van der Waals surface area (Å²) in [4.78, 5) is 11.5. The number of rotatable bonds is 2. The average Bonchev–Trinajstić information content (AvgIpc) is 2.90. The Balaban J connectivity index is 1.58. The van der Waals surface area contributed by atoms with Gasteiger partial charge in [-0.25, -0.2) is 0 Å². The predicted molar refractivity (Wildman–Crippen MR) is 81.3 cm³/mol. The molecule has 0 amide bonds. The van der Waals surface area contributed by atoms with E-state index in [4.69, 9.17) is 4.99 Å². The fourth-order valence-corrected chi connectivity index (χ4v) is 4.31. The van der Waals surface area contributed by atoms with Gasteiger partial charge in [0.2, 0.25) is 0 Å². The first-order chi connectivity index (χ1) is 8.53. The van der Waals surface area contributed by atoms with Crippen molar-refractivity contribution in [3.05, 3.63) is 11.1 Å². The van der Waals surface area contributed by atoms with E-state index in [1.165, 1.54) is 5.70 Å². The molecule has 0 fully saturated rings. The van der Waals surface area contributed by atoms with Gasteiger partial charge in [0.1, 0.15) is 0 Å². The molecule has 3 aliphatic heterocycles. The molecule has 1 N–H and O–H groups in total. The number of nitrogens with one attached hydrogen (secondary N) is 1. The zero-order valence-corrected chi connectivity index (χ0v) is 12.6. The third-order valence-corrected chi connectivity index (χ3v) is 4.93. The molecule has 98 valence electrons. The number of amidine groups is 2. The maximum absolute atomic E-state index is 4.72. The highest BCUT2D eigenvalue weighted by Gasteiger charge is 2.36. The molecule has 6 heteroatoms. The normalized spacial score (nSPS) is 28.7. The Bertz CT molecular complexity index is 453. The second-order valence-electron chi connectivity index (χ2n) is 5.50. The van der Waals surface area contributed by atoms with Gasteiger partial charge >= 0.3 is 0 Å². The van der Waals surface area contributed by atoms with E-state index in [0.29, 0.717) is 6.04 Å². The maximum atomic E-state index is 4.72. The van der Waals surface area contributed by atoms with Gasteiger partial charge in [0.15, 0.2) is 10.3 Å². The first-order valence-corrected chi connectivity index (χ1v) is 8.07. The number of aliphatic imine (C=N–C) groups is 2. The summed E-state index contributed by atoms with van der Waals surface area (Å²) in [5.74, 6) is 0.973. The van der Waals surface area contributed by atoms with Crippen LogP contribution in [0.4, 0.5) is 0 Å². The molecular formula is C12H18N4S2. The lowest BCUT2D eigenvalue weighted by Gasteiger charge is -2.20. The van der Waals surface area contributed by atoms with Gasteiger partial charge in [-0.1, -0.05) is 23.5 Å². The van der Waals surface area contributed by atoms with Crippen molar-refractivity contribution in [1.82, 2.24) is 10.2 Å². The highest BCUT2D eigenvalue weighted by molar-refractivity contribution is 8.17. The predicted octanol–water partition coefficient (Wildman–Crippen LogP) is 2.11. The van der Waals surface area contributed by atoms with Crippen molar-refractivity contribution in [2.24, 2.45) is 9.98 Å². The number of fused-ring (bicyclic) bond motifs is 1. The smallest absolute Gasteiger partial charge is 0.168 e. The molecule has 0 aromatic heterocycles. The molecule has 0 saturated carbocycles. The van der Waals surface area contributed by atoms with Gasteiger partial charge in [-0.15, -0.1) is 0 Å². The summed E-state index contributed by atoms with van der Waals surface area (Å²) in [5, 5.41) is 7.84. The average molecular weight is 282 g/mol. The van der Waals surface area contributed by atoms with Crippen LogP contribution in [0.5, 0.6) is 0 Å². The summed E-state index contributed by atoms with van der Waals surface area (Å²) in [6.07, 6.45) is 0. The van der Waals surface area contributed by atoms with E-state index >= 15 is 0 Å². The first-order valence-electron chi connectivity index (χ1n) is 6.20. The minimum atomic E-state index is 0.0597. The molecule has 3 aliphatic rings. The van der Waals surface area contributed by atoms with Crippen LogP contribution in [0.2, 0.25) is 0 Å². The van der Waals surface area contributed by atoms with E-state index in [1.54, 1.807) is 23.5 Å². The molecule has 0 saturated heterocycles. The second-order valence-corrected chi connectivity index (χ2v) is 7.30. The summed E-state index contributed by atoms with van der Waals surface area (Å²) in [6.45, 7) is 8.44.